The van der Waals surface area contributed by atoms with Gasteiger partial charge in [-0.25, -0.2) is 5.43 Å². The van der Waals surface area contributed by atoms with Crippen molar-refractivity contribution >= 4 is 17.3 Å². The third-order valence-electron chi connectivity index (χ3n) is 3.96. The maximum atomic E-state index is 12.2. The monoisotopic (exact) mass is 355 g/mol. The number of nitrogens with zero attached hydrogens (tertiary/aromatic N) is 2. The lowest BCUT2D eigenvalue weighted by atomic mass is 10.1. The third kappa shape index (κ3) is 3.64. The Labute approximate surface area is 149 Å². The maximum absolute atomic E-state index is 12.2. The third-order valence-corrected chi connectivity index (χ3v) is 3.96. The van der Waals surface area contributed by atoms with Crippen molar-refractivity contribution in [3.63, 3.8) is 0 Å². The largest absolute Gasteiger partial charge is 0.485 e. The Morgan fingerprint density at radius 3 is 2.73 bits per heavy atom. The van der Waals surface area contributed by atoms with Gasteiger partial charge in [-0.15, -0.1) is 0 Å². The van der Waals surface area contributed by atoms with E-state index in [1.54, 1.807) is 44.2 Å². The summed E-state index contributed by atoms with van der Waals surface area (Å²) in [7, 11) is 0. The molecule has 0 aromatic heterocycles. The molecule has 1 unspecified atom stereocenters. The van der Waals surface area contributed by atoms with Crippen LogP contribution in [0.2, 0.25) is 0 Å². The van der Waals surface area contributed by atoms with Crippen molar-refractivity contribution in [3.8, 4) is 11.5 Å². The van der Waals surface area contributed by atoms with Crippen molar-refractivity contribution in [3.05, 3.63) is 63.7 Å². The van der Waals surface area contributed by atoms with Crippen LogP contribution >= 0.6 is 0 Å². The molecule has 0 fully saturated rings. The first kappa shape index (κ1) is 17.4. The molecular weight excluding hydrogens is 338 g/mol. The van der Waals surface area contributed by atoms with Crippen molar-refractivity contribution in [1.82, 2.24) is 5.43 Å². The predicted octanol–water partition coefficient (Wildman–Crippen LogP) is 2.58. The molecule has 2 aromatic rings. The molecule has 0 saturated carbocycles. The Bertz CT molecular complexity index is 894. The zero-order valence-corrected chi connectivity index (χ0v) is 14.3. The Balaban J connectivity index is 1.69. The Kier molecular flexibility index (Phi) is 4.83. The van der Waals surface area contributed by atoms with Gasteiger partial charge in [0.1, 0.15) is 6.61 Å². The van der Waals surface area contributed by atoms with E-state index in [1.165, 1.54) is 6.07 Å². The van der Waals surface area contributed by atoms with Gasteiger partial charge in [0.2, 0.25) is 6.10 Å². The lowest BCUT2D eigenvalue weighted by molar-refractivity contribution is -0.385. The molecule has 26 heavy (non-hydrogen) atoms. The number of rotatable bonds is 4. The van der Waals surface area contributed by atoms with Gasteiger partial charge in [-0.2, -0.15) is 5.10 Å². The second-order valence-electron chi connectivity index (χ2n) is 5.80. The average Bonchev–Trinajstić information content (AvgIpc) is 2.65. The van der Waals surface area contributed by atoms with E-state index >= 15 is 0 Å². The smallest absolute Gasteiger partial charge is 0.284 e. The molecule has 1 N–H and O–H groups in total. The predicted molar refractivity (Wildman–Crippen MR) is 94.5 cm³/mol. The number of hydrogen-bond acceptors (Lipinski definition) is 6. The quantitative estimate of drug-likeness (QED) is 0.516. The molecular formula is C18H17N3O5. The number of hydrazone groups is 1. The van der Waals surface area contributed by atoms with Gasteiger partial charge < -0.3 is 9.47 Å². The van der Waals surface area contributed by atoms with Crippen molar-refractivity contribution in [2.24, 2.45) is 5.10 Å². The van der Waals surface area contributed by atoms with Crippen LogP contribution in [0.3, 0.4) is 0 Å². The Morgan fingerprint density at radius 2 is 2.00 bits per heavy atom. The van der Waals surface area contributed by atoms with Crippen molar-refractivity contribution in [1.29, 1.82) is 0 Å². The van der Waals surface area contributed by atoms with Crippen molar-refractivity contribution in [2.75, 3.05) is 6.61 Å². The molecule has 1 atom stereocenters. The van der Waals surface area contributed by atoms with Gasteiger partial charge >= 0.3 is 0 Å². The van der Waals surface area contributed by atoms with Crippen LogP contribution in [-0.4, -0.2) is 29.3 Å². The van der Waals surface area contributed by atoms with Crippen LogP contribution in [0.4, 0.5) is 5.69 Å². The van der Waals surface area contributed by atoms with Crippen LogP contribution in [0.5, 0.6) is 11.5 Å². The number of benzene rings is 2. The molecule has 1 aliphatic heterocycles. The summed E-state index contributed by atoms with van der Waals surface area (Å²) >= 11 is 0. The normalized spacial score (nSPS) is 16.1. The van der Waals surface area contributed by atoms with E-state index in [-0.39, 0.29) is 12.3 Å². The van der Waals surface area contributed by atoms with Crippen LogP contribution in [0.15, 0.2) is 47.6 Å². The fourth-order valence-electron chi connectivity index (χ4n) is 2.46. The minimum atomic E-state index is -0.825. The van der Waals surface area contributed by atoms with Gasteiger partial charge in [-0.05, 0) is 26.0 Å². The summed E-state index contributed by atoms with van der Waals surface area (Å²) in [6, 6.07) is 11.9. The van der Waals surface area contributed by atoms with Gasteiger partial charge in [0.25, 0.3) is 11.6 Å². The fraction of sp³-hybridized carbons (Fsp3) is 0.222. The second kappa shape index (κ2) is 7.22. The Morgan fingerprint density at radius 1 is 1.27 bits per heavy atom. The van der Waals surface area contributed by atoms with E-state index in [4.69, 9.17) is 9.47 Å². The maximum Gasteiger partial charge on any atom is 0.284 e. The zero-order chi connectivity index (χ0) is 18.7. The van der Waals surface area contributed by atoms with E-state index in [0.29, 0.717) is 28.3 Å². The number of aryl methyl sites for hydroxylation is 1. The number of hydrogen-bond donors (Lipinski definition) is 1. The number of nitrogens with one attached hydrogen (secondary N) is 1. The summed E-state index contributed by atoms with van der Waals surface area (Å²) in [6.45, 7) is 3.39. The molecule has 3 rings (SSSR count). The number of para-hydroxylation sites is 2. The summed E-state index contributed by atoms with van der Waals surface area (Å²) in [6.07, 6.45) is -0.825. The van der Waals surface area contributed by atoms with E-state index < -0.39 is 16.9 Å². The zero-order valence-electron chi connectivity index (χ0n) is 14.3. The highest BCUT2D eigenvalue weighted by atomic mass is 16.6. The van der Waals surface area contributed by atoms with Gasteiger partial charge in [0.15, 0.2) is 11.5 Å². The molecule has 2 aromatic carbocycles. The highest BCUT2D eigenvalue weighted by Gasteiger charge is 2.27. The standard InChI is InChI=1S/C18H17N3O5/c1-11-7-8-13(9-14(11)21(23)24)12(2)19-20-18(22)17-10-25-15-5-3-4-6-16(15)26-17/h3-9,17H,10H2,1-2H3,(H,20,22)/b19-12+. The number of carbonyl (C=O) groups is 1. The van der Waals surface area contributed by atoms with Gasteiger partial charge in [-0.1, -0.05) is 24.3 Å². The molecule has 0 bridgehead atoms. The number of nitro groups is 1. The summed E-state index contributed by atoms with van der Waals surface area (Å²) in [5, 5.41) is 15.0. The molecule has 0 aliphatic carbocycles. The molecule has 0 spiro atoms. The number of ether oxygens (including phenoxy) is 2. The van der Waals surface area contributed by atoms with Crippen LogP contribution in [0.25, 0.3) is 0 Å². The average molecular weight is 355 g/mol. The highest BCUT2D eigenvalue weighted by Crippen LogP contribution is 2.30. The summed E-state index contributed by atoms with van der Waals surface area (Å²) in [5.74, 6) is 0.623. The minimum absolute atomic E-state index is 0.00370. The van der Waals surface area contributed by atoms with E-state index in [2.05, 4.69) is 10.5 Å². The molecule has 8 nitrogen and oxygen atoms in total. The van der Waals surface area contributed by atoms with Crippen molar-refractivity contribution in [2.45, 2.75) is 20.0 Å². The van der Waals surface area contributed by atoms with Crippen LogP contribution in [0, 0.1) is 17.0 Å². The minimum Gasteiger partial charge on any atom is -0.485 e. The van der Waals surface area contributed by atoms with E-state index in [1.807, 2.05) is 6.07 Å². The molecule has 0 radical (unpaired) electrons. The molecule has 1 aliphatic rings. The van der Waals surface area contributed by atoms with Crippen LogP contribution < -0.4 is 14.9 Å². The first-order valence-electron chi connectivity index (χ1n) is 7.94. The molecule has 1 amide bonds. The lowest BCUT2D eigenvalue weighted by Gasteiger charge is -2.24. The lowest BCUT2D eigenvalue weighted by Crippen LogP contribution is -2.42. The summed E-state index contributed by atoms with van der Waals surface area (Å²) in [5.41, 5.74) is 3.97. The molecule has 1 heterocycles. The number of amides is 1. The first-order chi connectivity index (χ1) is 12.5. The fourth-order valence-corrected chi connectivity index (χ4v) is 2.46. The molecule has 8 heteroatoms. The number of nitro benzene ring substituents is 1. The van der Waals surface area contributed by atoms with Gasteiger partial charge in [0, 0.05) is 17.2 Å². The summed E-state index contributed by atoms with van der Waals surface area (Å²) in [4.78, 5) is 22.8. The SMILES string of the molecule is C/C(=N\NC(=O)C1COc2ccccc2O1)c1ccc(C)c([N+](=O)[O-])c1. The second-order valence-corrected chi connectivity index (χ2v) is 5.80. The van der Waals surface area contributed by atoms with Crippen LogP contribution in [0.1, 0.15) is 18.1 Å². The molecule has 0 saturated heterocycles. The summed E-state index contributed by atoms with van der Waals surface area (Å²) < 4.78 is 11.1. The van der Waals surface area contributed by atoms with E-state index in [9.17, 15) is 14.9 Å². The van der Waals surface area contributed by atoms with Gasteiger partial charge in [-0.3, -0.25) is 14.9 Å². The highest BCUT2D eigenvalue weighted by molar-refractivity contribution is 6.00. The first-order valence-corrected chi connectivity index (χ1v) is 7.94. The Hall–Kier alpha value is -3.42. The van der Waals surface area contributed by atoms with Crippen molar-refractivity contribution < 1.29 is 19.2 Å². The van der Waals surface area contributed by atoms with Gasteiger partial charge in [0.05, 0.1) is 10.6 Å². The molecule has 134 valence electrons. The topological polar surface area (TPSA) is 103 Å². The number of carbonyl (C=O) groups excluding carboxylic acids is 1. The number of fused-ring (bicyclic) bond motifs is 1. The van der Waals surface area contributed by atoms with E-state index in [0.717, 1.165) is 0 Å². The van der Waals surface area contributed by atoms with Crippen LogP contribution in [-0.2, 0) is 4.79 Å².